The van der Waals surface area contributed by atoms with Crippen LogP contribution in [0.1, 0.15) is 38.8 Å². The average molecular weight is 389 g/mol. The largest absolute Gasteiger partial charge is 0.346 e. The molecule has 4 atom stereocenters. The third-order valence-corrected chi connectivity index (χ3v) is 4.97. The zero-order valence-corrected chi connectivity index (χ0v) is 16.5. The number of Topliss-reactive ketones (excluding diaryl/α,β-unsaturated/α-hetero) is 1. The van der Waals surface area contributed by atoms with Crippen molar-refractivity contribution in [1.82, 2.24) is 10.4 Å². The average Bonchev–Trinajstić information content (AvgIpc) is 2.88. The third-order valence-electron chi connectivity index (χ3n) is 4.97. The Bertz CT molecular complexity index is 749. The SMILES string of the molecule is CON1C(=O)[C@@H](C(=O)[C@@H](NC(=O)C[C@H](N)c2ccccc2)C(C)C)[C@H](C)C1=O. The smallest absolute Gasteiger partial charge is 0.264 e. The van der Waals surface area contributed by atoms with Crippen LogP contribution in [-0.4, -0.2) is 41.7 Å². The van der Waals surface area contributed by atoms with Crippen LogP contribution < -0.4 is 11.1 Å². The predicted molar refractivity (Wildman–Crippen MR) is 101 cm³/mol. The fourth-order valence-corrected chi connectivity index (χ4v) is 3.33. The first-order valence-corrected chi connectivity index (χ1v) is 9.24. The van der Waals surface area contributed by atoms with Crippen LogP contribution in [0.25, 0.3) is 0 Å². The summed E-state index contributed by atoms with van der Waals surface area (Å²) in [6.07, 6.45) is -0.00218. The summed E-state index contributed by atoms with van der Waals surface area (Å²) in [4.78, 5) is 54.8. The molecule has 1 heterocycles. The highest BCUT2D eigenvalue weighted by Gasteiger charge is 2.51. The number of ketones is 1. The highest BCUT2D eigenvalue weighted by molar-refractivity contribution is 6.16. The highest BCUT2D eigenvalue weighted by atomic mass is 16.7. The van der Waals surface area contributed by atoms with Crippen LogP contribution >= 0.6 is 0 Å². The number of nitrogens with zero attached hydrogens (tertiary/aromatic N) is 1. The molecule has 0 bridgehead atoms. The summed E-state index contributed by atoms with van der Waals surface area (Å²) < 4.78 is 0. The van der Waals surface area contributed by atoms with Crippen LogP contribution in [-0.2, 0) is 24.0 Å². The Labute approximate surface area is 164 Å². The molecule has 152 valence electrons. The maximum Gasteiger partial charge on any atom is 0.264 e. The molecule has 1 aliphatic rings. The molecule has 0 aromatic heterocycles. The second-order valence-corrected chi connectivity index (χ2v) is 7.33. The van der Waals surface area contributed by atoms with Crippen LogP contribution in [0, 0.1) is 17.8 Å². The van der Waals surface area contributed by atoms with E-state index in [1.165, 1.54) is 14.0 Å². The summed E-state index contributed by atoms with van der Waals surface area (Å²) in [7, 11) is 1.20. The summed E-state index contributed by atoms with van der Waals surface area (Å²) in [6.45, 7) is 5.03. The Kier molecular flexibility index (Phi) is 7.04. The minimum Gasteiger partial charge on any atom is -0.346 e. The number of hydrogen-bond acceptors (Lipinski definition) is 6. The lowest BCUT2D eigenvalue weighted by Crippen LogP contribution is -2.49. The Balaban J connectivity index is 2.10. The van der Waals surface area contributed by atoms with Gasteiger partial charge in [-0.15, -0.1) is 0 Å². The van der Waals surface area contributed by atoms with Gasteiger partial charge >= 0.3 is 0 Å². The zero-order chi connectivity index (χ0) is 21.0. The van der Waals surface area contributed by atoms with E-state index in [-0.39, 0.29) is 12.3 Å². The van der Waals surface area contributed by atoms with Gasteiger partial charge in [-0.3, -0.25) is 24.0 Å². The van der Waals surface area contributed by atoms with Crippen molar-refractivity contribution in [2.24, 2.45) is 23.5 Å². The lowest BCUT2D eigenvalue weighted by molar-refractivity contribution is -0.181. The lowest BCUT2D eigenvalue weighted by Gasteiger charge is -2.25. The van der Waals surface area contributed by atoms with Crippen LogP contribution in [0.5, 0.6) is 0 Å². The van der Waals surface area contributed by atoms with E-state index in [4.69, 9.17) is 10.6 Å². The molecule has 8 heteroatoms. The van der Waals surface area contributed by atoms with Crippen LogP contribution in [0.4, 0.5) is 0 Å². The number of amides is 3. The molecule has 3 N–H and O–H groups in total. The van der Waals surface area contributed by atoms with Crippen molar-refractivity contribution in [2.45, 2.75) is 39.3 Å². The molecule has 0 unspecified atom stereocenters. The number of hydroxylamine groups is 2. The number of rotatable bonds is 8. The van der Waals surface area contributed by atoms with Crippen LogP contribution in [0.3, 0.4) is 0 Å². The fourth-order valence-electron chi connectivity index (χ4n) is 3.33. The van der Waals surface area contributed by atoms with Gasteiger partial charge in [0, 0.05) is 12.5 Å². The highest BCUT2D eigenvalue weighted by Crippen LogP contribution is 2.29. The Hall–Kier alpha value is -2.58. The van der Waals surface area contributed by atoms with Gasteiger partial charge in [-0.1, -0.05) is 51.1 Å². The van der Waals surface area contributed by atoms with E-state index in [1.54, 1.807) is 13.8 Å². The molecule has 3 amide bonds. The third kappa shape index (κ3) is 4.45. The first kappa shape index (κ1) is 21.7. The van der Waals surface area contributed by atoms with Crippen molar-refractivity contribution in [3.8, 4) is 0 Å². The van der Waals surface area contributed by atoms with E-state index in [1.807, 2.05) is 30.3 Å². The van der Waals surface area contributed by atoms with E-state index in [0.717, 1.165) is 5.56 Å². The van der Waals surface area contributed by atoms with Crippen molar-refractivity contribution in [1.29, 1.82) is 0 Å². The van der Waals surface area contributed by atoms with Gasteiger partial charge in [0.1, 0.15) is 5.92 Å². The van der Waals surface area contributed by atoms with Gasteiger partial charge in [-0.2, -0.15) is 5.06 Å². The predicted octanol–water partition coefficient (Wildman–Crippen LogP) is 0.969. The van der Waals surface area contributed by atoms with Crippen LogP contribution in [0.15, 0.2) is 30.3 Å². The van der Waals surface area contributed by atoms with Gasteiger partial charge in [0.2, 0.25) is 5.91 Å². The van der Waals surface area contributed by atoms with Gasteiger partial charge in [0.15, 0.2) is 5.78 Å². The maximum atomic E-state index is 13.0. The van der Waals surface area contributed by atoms with E-state index in [2.05, 4.69) is 5.32 Å². The number of nitrogens with one attached hydrogen (secondary N) is 1. The molecule has 1 saturated heterocycles. The summed E-state index contributed by atoms with van der Waals surface area (Å²) >= 11 is 0. The molecular formula is C20H27N3O5. The molecule has 0 saturated carbocycles. The number of benzene rings is 1. The van der Waals surface area contributed by atoms with E-state index in [0.29, 0.717) is 5.06 Å². The van der Waals surface area contributed by atoms with E-state index in [9.17, 15) is 19.2 Å². The minimum absolute atomic E-state index is 0.00218. The molecular weight excluding hydrogens is 362 g/mol. The van der Waals surface area contributed by atoms with Crippen LogP contribution in [0.2, 0.25) is 0 Å². The van der Waals surface area contributed by atoms with Gasteiger partial charge in [-0.25, -0.2) is 0 Å². The topological polar surface area (TPSA) is 119 Å². The molecule has 1 aliphatic heterocycles. The quantitative estimate of drug-likeness (QED) is 0.505. The minimum atomic E-state index is -1.18. The summed E-state index contributed by atoms with van der Waals surface area (Å²) in [5.41, 5.74) is 6.89. The monoisotopic (exact) mass is 389 g/mol. The molecule has 2 rings (SSSR count). The second kappa shape index (κ2) is 9.07. The standard InChI is InChI=1S/C20H27N3O5/c1-11(2)17(18(25)16-12(3)19(26)23(28-4)20(16)27)22-15(24)10-14(21)13-8-6-5-7-9-13/h5-9,11-12,14,16-17H,10,21H2,1-4H3,(H,22,24)/t12-,14-,16+,17-/m0/s1. The molecule has 1 fully saturated rings. The van der Waals surface area contributed by atoms with Gasteiger partial charge in [-0.05, 0) is 11.5 Å². The Morgan fingerprint density at radius 3 is 2.29 bits per heavy atom. The fraction of sp³-hybridized carbons (Fsp3) is 0.500. The zero-order valence-electron chi connectivity index (χ0n) is 16.5. The molecule has 1 aromatic rings. The second-order valence-electron chi connectivity index (χ2n) is 7.33. The molecule has 8 nitrogen and oxygen atoms in total. The first-order valence-electron chi connectivity index (χ1n) is 9.24. The molecule has 0 radical (unpaired) electrons. The summed E-state index contributed by atoms with van der Waals surface area (Å²) in [6, 6.07) is 7.75. The van der Waals surface area contributed by atoms with Crippen molar-refractivity contribution in [3.05, 3.63) is 35.9 Å². The van der Waals surface area contributed by atoms with Crippen molar-refractivity contribution in [3.63, 3.8) is 0 Å². The number of imide groups is 1. The summed E-state index contributed by atoms with van der Waals surface area (Å²) in [5, 5.41) is 3.30. The number of nitrogens with two attached hydrogens (primary N) is 1. The first-order chi connectivity index (χ1) is 13.2. The van der Waals surface area contributed by atoms with Crippen molar-refractivity contribution >= 4 is 23.5 Å². The number of carbonyl (C=O) groups is 4. The molecule has 1 aromatic carbocycles. The Morgan fingerprint density at radius 1 is 1.18 bits per heavy atom. The molecule has 0 spiro atoms. The number of hydrogen-bond donors (Lipinski definition) is 2. The molecule has 0 aliphatic carbocycles. The Morgan fingerprint density at radius 2 is 1.79 bits per heavy atom. The number of carbonyl (C=O) groups excluding carboxylic acids is 4. The van der Waals surface area contributed by atoms with E-state index >= 15 is 0 Å². The van der Waals surface area contributed by atoms with Crippen molar-refractivity contribution < 1.29 is 24.0 Å². The molecule has 28 heavy (non-hydrogen) atoms. The van der Waals surface area contributed by atoms with Gasteiger partial charge in [0.25, 0.3) is 11.8 Å². The lowest BCUT2D eigenvalue weighted by atomic mass is 9.85. The van der Waals surface area contributed by atoms with Crippen molar-refractivity contribution in [2.75, 3.05) is 7.11 Å². The summed E-state index contributed by atoms with van der Waals surface area (Å²) in [5.74, 6) is -4.45. The van der Waals surface area contributed by atoms with E-state index < -0.39 is 47.4 Å². The normalized spacial score (nSPS) is 21.7. The van der Waals surface area contributed by atoms with Gasteiger partial charge < -0.3 is 11.1 Å². The maximum absolute atomic E-state index is 13.0. The van der Waals surface area contributed by atoms with Gasteiger partial charge in [0.05, 0.1) is 19.1 Å².